The summed E-state index contributed by atoms with van der Waals surface area (Å²) in [6.45, 7) is 1.56. The molecule has 3 aromatic carbocycles. The molecule has 0 aliphatic heterocycles. The molecule has 0 aliphatic carbocycles. The van der Waals surface area contributed by atoms with Gasteiger partial charge < -0.3 is 15.0 Å². The molecule has 0 bridgehead atoms. The van der Waals surface area contributed by atoms with Crippen LogP contribution >= 0.6 is 0 Å². The first-order chi connectivity index (χ1) is 13.1. The lowest BCUT2D eigenvalue weighted by Gasteiger charge is -2.14. The molecule has 0 saturated heterocycles. The number of amides is 1. The minimum atomic E-state index is -0.926. The van der Waals surface area contributed by atoms with Crippen molar-refractivity contribution in [3.8, 4) is 0 Å². The van der Waals surface area contributed by atoms with Gasteiger partial charge in [-0.2, -0.15) is 0 Å². The number of para-hydroxylation sites is 1. The van der Waals surface area contributed by atoms with Gasteiger partial charge >= 0.3 is 5.97 Å². The van der Waals surface area contributed by atoms with Crippen LogP contribution in [-0.4, -0.2) is 23.0 Å². The molecule has 0 unspecified atom stereocenters. The predicted octanol–water partition coefficient (Wildman–Crippen LogP) is 4.51. The van der Waals surface area contributed by atoms with Gasteiger partial charge in [0.2, 0.25) is 0 Å². The largest absolute Gasteiger partial charge is 0.449 e. The van der Waals surface area contributed by atoms with Gasteiger partial charge in [0.15, 0.2) is 6.10 Å². The van der Waals surface area contributed by atoms with Gasteiger partial charge in [0, 0.05) is 28.2 Å². The van der Waals surface area contributed by atoms with Crippen LogP contribution in [0.2, 0.25) is 0 Å². The number of aromatic amines is 1. The van der Waals surface area contributed by atoms with E-state index in [1.807, 2.05) is 66.7 Å². The molecule has 0 aliphatic rings. The first-order valence-corrected chi connectivity index (χ1v) is 8.69. The number of hydrogen-bond acceptors (Lipinski definition) is 3. The van der Waals surface area contributed by atoms with Gasteiger partial charge in [-0.05, 0) is 24.4 Å². The highest BCUT2D eigenvalue weighted by Crippen LogP contribution is 2.23. The lowest BCUT2D eigenvalue weighted by atomic mass is 10.1. The van der Waals surface area contributed by atoms with E-state index in [0.29, 0.717) is 11.3 Å². The molecule has 0 saturated carbocycles. The van der Waals surface area contributed by atoms with Gasteiger partial charge in [-0.1, -0.05) is 54.6 Å². The van der Waals surface area contributed by atoms with Gasteiger partial charge in [-0.15, -0.1) is 0 Å². The van der Waals surface area contributed by atoms with Crippen molar-refractivity contribution in [2.45, 2.75) is 13.0 Å². The molecule has 4 rings (SSSR count). The second-order valence-electron chi connectivity index (χ2n) is 6.31. The molecule has 1 aromatic heterocycles. The monoisotopic (exact) mass is 358 g/mol. The summed E-state index contributed by atoms with van der Waals surface area (Å²) in [6.07, 6.45) is 0.674. The fraction of sp³-hybridized carbons (Fsp3) is 0.0909. The van der Waals surface area contributed by atoms with Crippen LogP contribution in [0.5, 0.6) is 0 Å². The summed E-state index contributed by atoms with van der Waals surface area (Å²) < 4.78 is 5.38. The van der Waals surface area contributed by atoms with Crippen LogP contribution in [-0.2, 0) is 9.53 Å². The molecule has 5 nitrogen and oxygen atoms in total. The number of benzene rings is 3. The van der Waals surface area contributed by atoms with Crippen molar-refractivity contribution in [3.05, 3.63) is 78.5 Å². The van der Waals surface area contributed by atoms with E-state index in [1.165, 1.54) is 0 Å². The Morgan fingerprint density at radius 2 is 1.63 bits per heavy atom. The number of anilines is 1. The molecule has 134 valence electrons. The van der Waals surface area contributed by atoms with Crippen molar-refractivity contribution < 1.29 is 14.3 Å². The number of hydrogen-bond donors (Lipinski definition) is 2. The summed E-state index contributed by atoms with van der Waals surface area (Å²) in [7, 11) is 0. The van der Waals surface area contributed by atoms with Crippen molar-refractivity contribution in [3.63, 3.8) is 0 Å². The summed E-state index contributed by atoms with van der Waals surface area (Å²) in [5.41, 5.74) is 1.95. The van der Waals surface area contributed by atoms with Crippen LogP contribution in [0.1, 0.15) is 17.3 Å². The number of carbonyl (C=O) groups excluding carboxylic acids is 2. The third kappa shape index (κ3) is 3.27. The Balaban J connectivity index is 1.50. The molecule has 5 heteroatoms. The zero-order chi connectivity index (χ0) is 18.8. The zero-order valence-corrected chi connectivity index (χ0v) is 14.7. The van der Waals surface area contributed by atoms with Crippen LogP contribution in [0.15, 0.2) is 72.9 Å². The Morgan fingerprint density at radius 3 is 2.48 bits per heavy atom. The van der Waals surface area contributed by atoms with Crippen molar-refractivity contribution in [2.24, 2.45) is 0 Å². The highest BCUT2D eigenvalue weighted by Gasteiger charge is 2.21. The number of nitrogens with one attached hydrogen (secondary N) is 2. The minimum Gasteiger partial charge on any atom is -0.449 e. The first-order valence-electron chi connectivity index (χ1n) is 8.69. The quantitative estimate of drug-likeness (QED) is 0.528. The topological polar surface area (TPSA) is 71.2 Å². The Hall–Kier alpha value is -3.60. The van der Waals surface area contributed by atoms with E-state index in [9.17, 15) is 9.59 Å². The number of rotatable bonds is 4. The number of ether oxygens (including phenoxy) is 1. The Bertz CT molecular complexity index is 1140. The fourth-order valence-electron chi connectivity index (χ4n) is 3.09. The minimum absolute atomic E-state index is 0.375. The van der Waals surface area contributed by atoms with E-state index >= 15 is 0 Å². The normalized spacial score (nSPS) is 12.0. The molecule has 0 radical (unpaired) electrons. The lowest BCUT2D eigenvalue weighted by molar-refractivity contribution is -0.123. The van der Waals surface area contributed by atoms with Crippen molar-refractivity contribution >= 4 is 39.2 Å². The molecule has 0 spiro atoms. The van der Waals surface area contributed by atoms with Crippen molar-refractivity contribution in [2.75, 3.05) is 5.32 Å². The van der Waals surface area contributed by atoms with Gasteiger partial charge in [0.25, 0.3) is 5.91 Å². The fourth-order valence-corrected chi connectivity index (χ4v) is 3.09. The number of carbonyl (C=O) groups is 2. The average Bonchev–Trinajstić information content (AvgIpc) is 3.12. The van der Waals surface area contributed by atoms with Gasteiger partial charge in [-0.25, -0.2) is 4.79 Å². The molecule has 1 atom stereocenters. The second-order valence-corrected chi connectivity index (χ2v) is 6.31. The summed E-state index contributed by atoms with van der Waals surface area (Å²) in [4.78, 5) is 28.0. The molecule has 4 aromatic rings. The van der Waals surface area contributed by atoms with Crippen molar-refractivity contribution in [1.82, 2.24) is 4.98 Å². The van der Waals surface area contributed by atoms with Crippen LogP contribution in [0.3, 0.4) is 0 Å². The zero-order valence-electron chi connectivity index (χ0n) is 14.7. The summed E-state index contributed by atoms with van der Waals surface area (Å²) >= 11 is 0. The van der Waals surface area contributed by atoms with Gasteiger partial charge in [-0.3, -0.25) is 4.79 Å². The third-order valence-electron chi connectivity index (χ3n) is 4.51. The highest BCUT2D eigenvalue weighted by molar-refractivity contribution is 6.07. The van der Waals surface area contributed by atoms with E-state index in [-0.39, 0.29) is 5.91 Å². The summed E-state index contributed by atoms with van der Waals surface area (Å²) in [6, 6.07) is 20.9. The third-order valence-corrected chi connectivity index (χ3v) is 4.51. The van der Waals surface area contributed by atoms with E-state index < -0.39 is 12.1 Å². The number of H-pyrrole nitrogens is 1. The van der Waals surface area contributed by atoms with Crippen molar-refractivity contribution in [1.29, 1.82) is 0 Å². The SMILES string of the molecule is C[C@H](OC(=O)c1c[nH]c2ccccc12)C(=O)Nc1cccc2ccccc12. The predicted molar refractivity (Wildman–Crippen MR) is 106 cm³/mol. The molecule has 2 N–H and O–H groups in total. The summed E-state index contributed by atoms with van der Waals surface area (Å²) in [5, 5.41) is 5.58. The van der Waals surface area contributed by atoms with Crippen LogP contribution in [0.25, 0.3) is 21.7 Å². The maximum Gasteiger partial charge on any atom is 0.341 e. The lowest BCUT2D eigenvalue weighted by Crippen LogP contribution is -2.30. The van der Waals surface area contributed by atoms with Crippen LogP contribution in [0.4, 0.5) is 5.69 Å². The standard InChI is InChI=1S/C22H18N2O3/c1-14(27-22(26)18-13-23-19-11-5-4-10-17(18)19)21(25)24-20-12-6-8-15-7-2-3-9-16(15)20/h2-14,23H,1H3,(H,24,25)/t14-/m0/s1. The highest BCUT2D eigenvalue weighted by atomic mass is 16.5. The maximum absolute atomic E-state index is 12.5. The average molecular weight is 358 g/mol. The van der Waals surface area contributed by atoms with E-state index in [0.717, 1.165) is 21.7 Å². The van der Waals surface area contributed by atoms with E-state index in [1.54, 1.807) is 13.1 Å². The molecule has 27 heavy (non-hydrogen) atoms. The Labute approximate surface area is 156 Å². The molecule has 0 fully saturated rings. The number of fused-ring (bicyclic) bond motifs is 2. The summed E-state index contributed by atoms with van der Waals surface area (Å²) in [5.74, 6) is -0.910. The van der Waals surface area contributed by atoms with E-state index in [2.05, 4.69) is 10.3 Å². The maximum atomic E-state index is 12.5. The molecule has 1 amide bonds. The van der Waals surface area contributed by atoms with Gasteiger partial charge in [0.05, 0.1) is 5.56 Å². The van der Waals surface area contributed by atoms with Crippen LogP contribution in [0, 0.1) is 0 Å². The number of esters is 1. The smallest absolute Gasteiger partial charge is 0.341 e. The second kappa shape index (κ2) is 6.96. The van der Waals surface area contributed by atoms with Gasteiger partial charge in [0.1, 0.15) is 0 Å². The Kier molecular flexibility index (Phi) is 4.34. The molecular weight excluding hydrogens is 340 g/mol. The number of aromatic nitrogens is 1. The Morgan fingerprint density at radius 1 is 0.926 bits per heavy atom. The first kappa shape index (κ1) is 16.8. The van der Waals surface area contributed by atoms with E-state index in [4.69, 9.17) is 4.74 Å². The molecular formula is C22H18N2O3. The molecule has 1 heterocycles. The van der Waals surface area contributed by atoms with Crippen LogP contribution < -0.4 is 5.32 Å².